The monoisotopic (exact) mass is 292 g/mol. The zero-order valence-corrected chi connectivity index (χ0v) is 11.0. The second kappa shape index (κ2) is 4.51. The second-order valence-corrected chi connectivity index (χ2v) is 4.74. The van der Waals surface area contributed by atoms with Gasteiger partial charge in [-0.05, 0) is 36.8 Å². The number of nitrogens with two attached hydrogens (primary N) is 1. The average Bonchev–Trinajstić information content (AvgIpc) is 2.83. The fraction of sp³-hybridized carbons (Fsp3) is 0.133. The number of para-hydroxylation sites is 1. The molecular weight excluding hydrogens is 281 g/mol. The van der Waals surface area contributed by atoms with E-state index < -0.39 is 11.7 Å². The van der Waals surface area contributed by atoms with Crippen molar-refractivity contribution in [1.29, 1.82) is 0 Å². The number of hydrogen-bond donors (Lipinski definition) is 1. The number of halogens is 3. The summed E-state index contributed by atoms with van der Waals surface area (Å²) < 4.78 is 43.6. The van der Waals surface area contributed by atoms with Gasteiger partial charge in [-0.1, -0.05) is 12.1 Å². The first-order valence-corrected chi connectivity index (χ1v) is 6.19. The van der Waals surface area contributed by atoms with Gasteiger partial charge in [0.05, 0.1) is 11.1 Å². The van der Waals surface area contributed by atoms with Gasteiger partial charge in [-0.3, -0.25) is 0 Å². The van der Waals surface area contributed by atoms with Crippen LogP contribution in [-0.4, -0.2) is 4.98 Å². The molecular formula is C15H11F3N2O. The van der Waals surface area contributed by atoms with Crippen molar-refractivity contribution in [2.24, 2.45) is 0 Å². The van der Waals surface area contributed by atoms with Gasteiger partial charge >= 0.3 is 6.18 Å². The van der Waals surface area contributed by atoms with Gasteiger partial charge in [-0.15, -0.1) is 0 Å². The highest BCUT2D eigenvalue weighted by molar-refractivity contribution is 5.81. The fourth-order valence-corrected chi connectivity index (χ4v) is 2.09. The molecule has 0 unspecified atom stereocenters. The van der Waals surface area contributed by atoms with Crippen LogP contribution in [0.4, 0.5) is 18.9 Å². The maximum Gasteiger partial charge on any atom is 0.416 e. The van der Waals surface area contributed by atoms with Gasteiger partial charge in [-0.2, -0.15) is 13.2 Å². The molecule has 0 spiro atoms. The van der Waals surface area contributed by atoms with Crippen LogP contribution in [0.15, 0.2) is 40.8 Å². The molecule has 0 aliphatic heterocycles. The van der Waals surface area contributed by atoms with Gasteiger partial charge < -0.3 is 10.2 Å². The lowest BCUT2D eigenvalue weighted by Gasteiger charge is -2.04. The minimum absolute atomic E-state index is 0.153. The number of aryl methyl sites for hydroxylation is 1. The van der Waals surface area contributed by atoms with Crippen molar-refractivity contribution in [1.82, 2.24) is 4.98 Å². The third-order valence-electron chi connectivity index (χ3n) is 3.27. The zero-order chi connectivity index (χ0) is 15.2. The number of fused-ring (bicyclic) bond motifs is 1. The molecule has 0 amide bonds. The van der Waals surface area contributed by atoms with Crippen LogP contribution in [0.1, 0.15) is 11.1 Å². The Balaban J connectivity index is 2.15. The van der Waals surface area contributed by atoms with Crippen LogP contribution >= 0.6 is 0 Å². The normalized spacial score (nSPS) is 12.0. The van der Waals surface area contributed by atoms with Gasteiger partial charge in [0.2, 0.25) is 5.89 Å². The first-order valence-electron chi connectivity index (χ1n) is 6.19. The van der Waals surface area contributed by atoms with Gasteiger partial charge in [0, 0.05) is 5.69 Å². The van der Waals surface area contributed by atoms with Crippen LogP contribution in [0.2, 0.25) is 0 Å². The lowest BCUT2D eigenvalue weighted by atomic mass is 10.1. The number of anilines is 1. The summed E-state index contributed by atoms with van der Waals surface area (Å²) in [5.74, 6) is 0.213. The second-order valence-electron chi connectivity index (χ2n) is 4.74. The molecule has 0 radical (unpaired) electrons. The molecule has 21 heavy (non-hydrogen) atoms. The van der Waals surface area contributed by atoms with Crippen molar-refractivity contribution in [3.8, 4) is 11.5 Å². The Bertz CT molecular complexity index is 821. The number of alkyl halides is 3. The molecule has 0 aliphatic rings. The van der Waals surface area contributed by atoms with Gasteiger partial charge in [0.15, 0.2) is 5.58 Å². The standard InChI is InChI=1S/C15H11F3N2O/c1-8-3-2-4-10(13(8)19)14-20-11-7-9(15(16,17)18)5-6-12(11)21-14/h2-7H,19H2,1H3. The van der Waals surface area contributed by atoms with E-state index in [0.717, 1.165) is 17.7 Å². The summed E-state index contributed by atoms with van der Waals surface area (Å²) in [7, 11) is 0. The largest absolute Gasteiger partial charge is 0.436 e. The smallest absolute Gasteiger partial charge is 0.416 e. The maximum atomic E-state index is 12.7. The molecule has 3 rings (SSSR count). The molecule has 3 aromatic rings. The first-order chi connectivity index (χ1) is 9.86. The molecule has 0 aliphatic carbocycles. The SMILES string of the molecule is Cc1cccc(-c2nc3cc(C(F)(F)F)ccc3o2)c1N. The fourth-order valence-electron chi connectivity index (χ4n) is 2.09. The van der Waals surface area contributed by atoms with Crippen LogP contribution in [0.3, 0.4) is 0 Å². The van der Waals surface area contributed by atoms with Crippen LogP contribution in [0.5, 0.6) is 0 Å². The summed E-state index contributed by atoms with van der Waals surface area (Å²) in [6.07, 6.45) is -4.41. The topological polar surface area (TPSA) is 52.0 Å². The average molecular weight is 292 g/mol. The highest BCUT2D eigenvalue weighted by Crippen LogP contribution is 2.34. The summed E-state index contributed by atoms with van der Waals surface area (Å²) >= 11 is 0. The Morgan fingerprint density at radius 3 is 2.62 bits per heavy atom. The molecule has 3 nitrogen and oxygen atoms in total. The first kappa shape index (κ1) is 13.5. The number of hydrogen-bond acceptors (Lipinski definition) is 3. The Hall–Kier alpha value is -2.50. The van der Waals surface area contributed by atoms with E-state index in [1.54, 1.807) is 12.1 Å². The summed E-state index contributed by atoms with van der Waals surface area (Å²) in [6, 6.07) is 8.55. The lowest BCUT2D eigenvalue weighted by molar-refractivity contribution is -0.137. The van der Waals surface area contributed by atoms with E-state index in [2.05, 4.69) is 4.98 Å². The molecule has 1 heterocycles. The summed E-state index contributed by atoms with van der Waals surface area (Å²) in [4.78, 5) is 4.11. The van der Waals surface area contributed by atoms with Crippen molar-refractivity contribution in [3.05, 3.63) is 47.5 Å². The molecule has 0 saturated heterocycles. The van der Waals surface area contributed by atoms with Crippen molar-refractivity contribution < 1.29 is 17.6 Å². The lowest BCUT2D eigenvalue weighted by Crippen LogP contribution is -2.03. The highest BCUT2D eigenvalue weighted by Gasteiger charge is 2.31. The Kier molecular flexibility index (Phi) is 2.90. The van der Waals surface area contributed by atoms with E-state index in [9.17, 15) is 13.2 Å². The molecule has 108 valence electrons. The summed E-state index contributed by atoms with van der Waals surface area (Å²) in [6.45, 7) is 1.84. The van der Waals surface area contributed by atoms with E-state index >= 15 is 0 Å². The van der Waals surface area contributed by atoms with E-state index in [1.807, 2.05) is 13.0 Å². The van der Waals surface area contributed by atoms with Crippen molar-refractivity contribution >= 4 is 16.8 Å². The number of benzene rings is 2. The van der Waals surface area contributed by atoms with Crippen molar-refractivity contribution in [2.75, 3.05) is 5.73 Å². The van der Waals surface area contributed by atoms with E-state index in [1.165, 1.54) is 6.07 Å². The number of nitrogens with zero attached hydrogens (tertiary/aromatic N) is 1. The van der Waals surface area contributed by atoms with E-state index in [4.69, 9.17) is 10.2 Å². The predicted molar refractivity (Wildman–Crippen MR) is 73.6 cm³/mol. The Morgan fingerprint density at radius 1 is 1.14 bits per heavy atom. The molecule has 6 heteroatoms. The van der Waals surface area contributed by atoms with Gasteiger partial charge in [-0.25, -0.2) is 4.98 Å². The zero-order valence-electron chi connectivity index (χ0n) is 11.0. The van der Waals surface area contributed by atoms with Gasteiger partial charge in [0.25, 0.3) is 0 Å². The predicted octanol–water partition coefficient (Wildman–Crippen LogP) is 4.40. The van der Waals surface area contributed by atoms with Crippen LogP contribution in [-0.2, 0) is 6.18 Å². The van der Waals surface area contributed by atoms with Crippen LogP contribution in [0.25, 0.3) is 22.6 Å². The van der Waals surface area contributed by atoms with Gasteiger partial charge in [0.1, 0.15) is 5.52 Å². The third-order valence-corrected chi connectivity index (χ3v) is 3.27. The van der Waals surface area contributed by atoms with E-state index in [0.29, 0.717) is 16.8 Å². The molecule has 0 fully saturated rings. The Labute approximate surface area is 118 Å². The summed E-state index contributed by atoms with van der Waals surface area (Å²) in [5, 5.41) is 0. The minimum Gasteiger partial charge on any atom is -0.436 e. The summed E-state index contributed by atoms with van der Waals surface area (Å²) in [5.41, 5.74) is 7.56. The van der Waals surface area contributed by atoms with Crippen molar-refractivity contribution in [3.63, 3.8) is 0 Å². The van der Waals surface area contributed by atoms with Crippen molar-refractivity contribution in [2.45, 2.75) is 13.1 Å². The maximum absolute atomic E-state index is 12.7. The third kappa shape index (κ3) is 2.33. The van der Waals surface area contributed by atoms with E-state index in [-0.39, 0.29) is 11.4 Å². The van der Waals surface area contributed by atoms with Crippen LogP contribution < -0.4 is 5.73 Å². The highest BCUT2D eigenvalue weighted by atomic mass is 19.4. The quantitative estimate of drug-likeness (QED) is 0.676. The molecule has 2 N–H and O–H groups in total. The molecule has 1 aromatic heterocycles. The minimum atomic E-state index is -4.41. The van der Waals surface area contributed by atoms with Crippen LogP contribution in [0, 0.1) is 6.92 Å². The molecule has 2 aromatic carbocycles. The number of rotatable bonds is 1. The Morgan fingerprint density at radius 2 is 1.90 bits per heavy atom. The number of oxazole rings is 1. The molecule has 0 saturated carbocycles. The number of aromatic nitrogens is 1. The molecule has 0 bridgehead atoms. The molecule has 0 atom stereocenters. The number of nitrogen functional groups attached to an aromatic ring is 1.